The van der Waals surface area contributed by atoms with Crippen molar-refractivity contribution in [3.8, 4) is 0 Å². The quantitative estimate of drug-likeness (QED) is 0.622. The first-order valence-corrected chi connectivity index (χ1v) is 7.37. The van der Waals surface area contributed by atoms with Crippen LogP contribution >= 0.6 is 27.7 Å². The van der Waals surface area contributed by atoms with Crippen LogP contribution in [0.25, 0.3) is 0 Å². The Hall–Kier alpha value is -1.20. The average Bonchev–Trinajstić information content (AvgIpc) is 2.26. The number of hydrogen-bond donors (Lipinski definition) is 0. The van der Waals surface area contributed by atoms with Gasteiger partial charge in [-0.2, -0.15) is 0 Å². The van der Waals surface area contributed by atoms with E-state index < -0.39 is 0 Å². The Labute approximate surface area is 125 Å². The number of hydrogen-bond acceptors (Lipinski definition) is 4. The first-order valence-electron chi connectivity index (χ1n) is 5.76. The molecular formula is C14H13BrN2OS. The van der Waals surface area contributed by atoms with Gasteiger partial charge in [0.1, 0.15) is 0 Å². The molecule has 0 radical (unpaired) electrons. The number of Topliss-reactive ketones (excluding diaryl/α,β-unsaturated/α-hetero) is 1. The summed E-state index contributed by atoms with van der Waals surface area (Å²) in [6, 6.07) is 7.53. The minimum Gasteiger partial charge on any atom is -0.294 e. The van der Waals surface area contributed by atoms with Crippen molar-refractivity contribution >= 4 is 33.5 Å². The Kier molecular flexibility index (Phi) is 4.37. The fourth-order valence-corrected chi connectivity index (χ4v) is 3.31. The molecule has 19 heavy (non-hydrogen) atoms. The predicted molar refractivity (Wildman–Crippen MR) is 79.8 cm³/mol. The SMILES string of the molecule is CC(=O)c1ccc(Br)cc1Sc1nc(C)cc(C)n1. The number of benzene rings is 1. The Bertz CT molecular complexity index is 623. The third kappa shape index (κ3) is 3.64. The summed E-state index contributed by atoms with van der Waals surface area (Å²) in [6.45, 7) is 5.44. The van der Waals surface area contributed by atoms with Gasteiger partial charge in [-0.1, -0.05) is 15.9 Å². The van der Waals surface area contributed by atoms with Crippen molar-refractivity contribution in [3.05, 3.63) is 45.7 Å². The molecule has 0 amide bonds. The lowest BCUT2D eigenvalue weighted by Gasteiger charge is -2.07. The summed E-state index contributed by atoms with van der Waals surface area (Å²) >= 11 is 4.83. The van der Waals surface area contributed by atoms with Gasteiger partial charge in [-0.15, -0.1) is 0 Å². The van der Waals surface area contributed by atoms with Gasteiger partial charge in [0.05, 0.1) is 0 Å². The van der Waals surface area contributed by atoms with E-state index in [-0.39, 0.29) is 5.78 Å². The van der Waals surface area contributed by atoms with Gasteiger partial charge in [0.25, 0.3) is 0 Å². The molecular weight excluding hydrogens is 324 g/mol. The minimum absolute atomic E-state index is 0.0411. The topological polar surface area (TPSA) is 42.9 Å². The maximum atomic E-state index is 11.6. The molecule has 0 saturated heterocycles. The molecule has 2 rings (SSSR count). The Morgan fingerprint density at radius 1 is 1.16 bits per heavy atom. The fourth-order valence-electron chi connectivity index (χ4n) is 1.71. The van der Waals surface area contributed by atoms with E-state index in [9.17, 15) is 4.79 Å². The van der Waals surface area contributed by atoms with Crippen molar-refractivity contribution in [1.82, 2.24) is 9.97 Å². The van der Waals surface area contributed by atoms with Crippen molar-refractivity contribution in [2.75, 3.05) is 0 Å². The highest BCUT2D eigenvalue weighted by molar-refractivity contribution is 9.10. The highest BCUT2D eigenvalue weighted by Gasteiger charge is 2.11. The monoisotopic (exact) mass is 336 g/mol. The second-order valence-corrected chi connectivity index (χ2v) is 6.16. The zero-order valence-corrected chi connectivity index (χ0v) is 13.3. The minimum atomic E-state index is 0.0411. The van der Waals surface area contributed by atoms with Gasteiger partial charge in [0.2, 0.25) is 0 Å². The molecule has 3 nitrogen and oxygen atoms in total. The van der Waals surface area contributed by atoms with Crippen LogP contribution in [0.15, 0.2) is 38.8 Å². The number of ketones is 1. The number of aromatic nitrogens is 2. The smallest absolute Gasteiger partial charge is 0.192 e. The van der Waals surface area contributed by atoms with E-state index in [1.807, 2.05) is 38.1 Å². The summed E-state index contributed by atoms with van der Waals surface area (Å²) in [6.07, 6.45) is 0. The van der Waals surface area contributed by atoms with Crippen molar-refractivity contribution in [2.45, 2.75) is 30.8 Å². The molecule has 98 valence electrons. The van der Waals surface area contributed by atoms with E-state index in [1.165, 1.54) is 11.8 Å². The van der Waals surface area contributed by atoms with Gasteiger partial charge < -0.3 is 0 Å². The molecule has 0 spiro atoms. The number of carbonyl (C=O) groups is 1. The number of carbonyl (C=O) groups excluding carboxylic acids is 1. The number of halogens is 1. The van der Waals surface area contributed by atoms with Crippen LogP contribution in [-0.2, 0) is 0 Å². The molecule has 0 aliphatic rings. The largest absolute Gasteiger partial charge is 0.294 e. The van der Waals surface area contributed by atoms with E-state index in [1.54, 1.807) is 6.92 Å². The highest BCUT2D eigenvalue weighted by atomic mass is 79.9. The Morgan fingerprint density at radius 2 is 1.79 bits per heavy atom. The molecule has 0 aliphatic carbocycles. The first-order chi connectivity index (χ1) is 8.95. The lowest BCUT2D eigenvalue weighted by atomic mass is 10.1. The lowest BCUT2D eigenvalue weighted by molar-refractivity contribution is 0.101. The van der Waals surface area contributed by atoms with Gasteiger partial charge in [0.15, 0.2) is 10.9 Å². The van der Waals surface area contributed by atoms with E-state index >= 15 is 0 Å². The van der Waals surface area contributed by atoms with Crippen LogP contribution in [0.5, 0.6) is 0 Å². The fraction of sp³-hybridized carbons (Fsp3) is 0.214. The molecule has 5 heteroatoms. The normalized spacial score (nSPS) is 10.5. The molecule has 0 saturated carbocycles. The van der Waals surface area contributed by atoms with Crippen LogP contribution < -0.4 is 0 Å². The van der Waals surface area contributed by atoms with Crippen LogP contribution in [0.1, 0.15) is 28.7 Å². The number of aryl methyl sites for hydroxylation is 2. The van der Waals surface area contributed by atoms with Gasteiger partial charge in [-0.05, 0) is 56.8 Å². The molecule has 1 aromatic heterocycles. The third-order valence-corrected chi connectivity index (χ3v) is 3.90. The first kappa shape index (κ1) is 14.2. The van der Waals surface area contributed by atoms with Crippen molar-refractivity contribution in [2.24, 2.45) is 0 Å². The van der Waals surface area contributed by atoms with Crippen LogP contribution in [0.4, 0.5) is 0 Å². The second-order valence-electron chi connectivity index (χ2n) is 4.23. The standard InChI is InChI=1S/C14H13BrN2OS/c1-8-6-9(2)17-14(16-8)19-13-7-11(15)4-5-12(13)10(3)18/h4-7H,1-3H3. The maximum Gasteiger partial charge on any atom is 0.192 e. The van der Waals surface area contributed by atoms with Crippen molar-refractivity contribution < 1.29 is 4.79 Å². The summed E-state index contributed by atoms with van der Waals surface area (Å²) in [5.41, 5.74) is 2.54. The summed E-state index contributed by atoms with van der Waals surface area (Å²) in [7, 11) is 0. The summed E-state index contributed by atoms with van der Waals surface area (Å²) in [5, 5.41) is 0.665. The van der Waals surface area contributed by atoms with Crippen molar-refractivity contribution in [3.63, 3.8) is 0 Å². The molecule has 0 bridgehead atoms. The van der Waals surface area contributed by atoms with Crippen LogP contribution in [0, 0.1) is 13.8 Å². The third-order valence-electron chi connectivity index (χ3n) is 2.49. The molecule has 1 aromatic carbocycles. The van der Waals surface area contributed by atoms with Gasteiger partial charge in [0, 0.05) is 26.3 Å². The summed E-state index contributed by atoms with van der Waals surface area (Å²) in [5.74, 6) is 0.0411. The van der Waals surface area contributed by atoms with Crippen molar-refractivity contribution in [1.29, 1.82) is 0 Å². The maximum absolute atomic E-state index is 11.6. The summed E-state index contributed by atoms with van der Waals surface area (Å²) < 4.78 is 0.935. The molecule has 2 aromatic rings. The van der Waals surface area contributed by atoms with Gasteiger partial charge in [-0.25, -0.2) is 9.97 Å². The Balaban J connectivity index is 2.42. The number of rotatable bonds is 3. The van der Waals surface area contributed by atoms with E-state index in [2.05, 4.69) is 25.9 Å². The van der Waals surface area contributed by atoms with Gasteiger partial charge >= 0.3 is 0 Å². The van der Waals surface area contributed by atoms with E-state index in [4.69, 9.17) is 0 Å². The summed E-state index contributed by atoms with van der Waals surface area (Å²) in [4.78, 5) is 21.3. The average molecular weight is 337 g/mol. The van der Waals surface area contributed by atoms with Crippen LogP contribution in [0.3, 0.4) is 0 Å². The predicted octanol–water partition coefficient (Wildman–Crippen LogP) is 4.21. The molecule has 0 fully saturated rings. The zero-order valence-electron chi connectivity index (χ0n) is 10.9. The van der Waals surface area contributed by atoms with E-state index in [0.29, 0.717) is 10.7 Å². The van der Waals surface area contributed by atoms with Crippen LogP contribution in [-0.4, -0.2) is 15.8 Å². The molecule has 0 aliphatic heterocycles. The number of nitrogens with zero attached hydrogens (tertiary/aromatic N) is 2. The molecule has 0 N–H and O–H groups in total. The van der Waals surface area contributed by atoms with Gasteiger partial charge in [-0.3, -0.25) is 4.79 Å². The molecule has 0 atom stereocenters. The molecule has 1 heterocycles. The Morgan fingerprint density at radius 3 is 2.37 bits per heavy atom. The van der Waals surface area contributed by atoms with E-state index in [0.717, 1.165) is 20.8 Å². The van der Waals surface area contributed by atoms with Crippen LogP contribution in [0.2, 0.25) is 0 Å². The lowest BCUT2D eigenvalue weighted by Crippen LogP contribution is -1.97. The highest BCUT2D eigenvalue weighted by Crippen LogP contribution is 2.31. The second kappa shape index (κ2) is 5.84. The molecule has 0 unspecified atom stereocenters. The zero-order chi connectivity index (χ0) is 14.0.